The molecule has 1 aromatic rings. The van der Waals surface area contributed by atoms with Crippen molar-refractivity contribution in [1.82, 2.24) is 14.9 Å². The number of nitrogens with zero attached hydrogens (tertiary/aromatic N) is 3. The number of carbonyl (C=O) groups is 2. The van der Waals surface area contributed by atoms with Gasteiger partial charge in [-0.3, -0.25) is 9.59 Å². The van der Waals surface area contributed by atoms with Crippen molar-refractivity contribution < 1.29 is 9.59 Å². The number of amides is 2. The summed E-state index contributed by atoms with van der Waals surface area (Å²) in [5.41, 5.74) is 5.43. The van der Waals surface area contributed by atoms with Gasteiger partial charge in [-0.15, -0.1) is 0 Å². The van der Waals surface area contributed by atoms with E-state index in [1.807, 2.05) is 20.8 Å². The molecule has 1 aromatic heterocycles. The van der Waals surface area contributed by atoms with Crippen LogP contribution in [0.4, 0.5) is 11.8 Å². The lowest BCUT2D eigenvalue weighted by molar-refractivity contribution is -0.133. The third-order valence-electron chi connectivity index (χ3n) is 4.40. The van der Waals surface area contributed by atoms with E-state index in [9.17, 15) is 9.59 Å². The molecule has 1 aliphatic carbocycles. The second-order valence-corrected chi connectivity index (χ2v) is 8.12. The summed E-state index contributed by atoms with van der Waals surface area (Å²) < 4.78 is 0. The van der Waals surface area contributed by atoms with Crippen LogP contribution in [0.1, 0.15) is 56.8 Å². The fourth-order valence-electron chi connectivity index (χ4n) is 3.11. The zero-order valence-corrected chi connectivity index (χ0v) is 16.3. The van der Waals surface area contributed by atoms with Crippen LogP contribution >= 0.6 is 0 Å². The Morgan fingerprint density at radius 1 is 1.19 bits per heavy atom. The molecule has 1 saturated carbocycles. The second-order valence-electron chi connectivity index (χ2n) is 8.12. The molecular weight excluding hydrogens is 332 g/mol. The first kappa shape index (κ1) is 19.9. The van der Waals surface area contributed by atoms with Crippen molar-refractivity contribution in [3.05, 3.63) is 11.8 Å². The fourth-order valence-corrected chi connectivity index (χ4v) is 3.11. The number of rotatable bonds is 5. The molecule has 8 heteroatoms. The summed E-state index contributed by atoms with van der Waals surface area (Å²) in [6, 6.07) is 0.211. The molecule has 0 spiro atoms. The molecule has 0 atom stereocenters. The van der Waals surface area contributed by atoms with Gasteiger partial charge in [0, 0.05) is 37.8 Å². The summed E-state index contributed by atoms with van der Waals surface area (Å²) in [5.74, 6) is 0.621. The predicted octanol–water partition coefficient (Wildman–Crippen LogP) is 1.84. The number of anilines is 2. The zero-order valence-electron chi connectivity index (χ0n) is 16.3. The Morgan fingerprint density at radius 2 is 1.81 bits per heavy atom. The lowest BCUT2D eigenvalue weighted by Crippen LogP contribution is -2.35. The van der Waals surface area contributed by atoms with Gasteiger partial charge in [-0.25, -0.2) is 4.98 Å². The van der Waals surface area contributed by atoms with Gasteiger partial charge in [0.05, 0.1) is 5.56 Å². The van der Waals surface area contributed by atoms with E-state index in [2.05, 4.69) is 20.6 Å². The van der Waals surface area contributed by atoms with Crippen LogP contribution < -0.4 is 16.4 Å². The van der Waals surface area contributed by atoms with Crippen LogP contribution in [0.15, 0.2) is 6.20 Å². The lowest BCUT2D eigenvalue weighted by Gasteiger charge is -2.30. The predicted molar refractivity (Wildman–Crippen MR) is 102 cm³/mol. The van der Waals surface area contributed by atoms with Gasteiger partial charge < -0.3 is 21.3 Å². The van der Waals surface area contributed by atoms with Crippen LogP contribution in [-0.2, 0) is 4.79 Å². The first-order valence-electron chi connectivity index (χ1n) is 8.99. The van der Waals surface area contributed by atoms with Crippen molar-refractivity contribution in [3.63, 3.8) is 0 Å². The molecule has 144 valence electrons. The molecule has 2 rings (SSSR count). The molecule has 0 aliphatic heterocycles. The molecule has 1 aliphatic rings. The maximum Gasteiger partial charge on any atom is 0.254 e. The highest BCUT2D eigenvalue weighted by molar-refractivity contribution is 5.97. The first-order chi connectivity index (χ1) is 12.1. The van der Waals surface area contributed by atoms with Crippen LogP contribution in [0.3, 0.4) is 0 Å². The Morgan fingerprint density at radius 3 is 2.31 bits per heavy atom. The summed E-state index contributed by atoms with van der Waals surface area (Å²) in [6.07, 6.45) is 4.91. The monoisotopic (exact) mass is 362 g/mol. The van der Waals surface area contributed by atoms with E-state index >= 15 is 0 Å². The van der Waals surface area contributed by atoms with Crippen LogP contribution in [0.25, 0.3) is 0 Å². The number of nitrogens with one attached hydrogen (secondary N) is 2. The third kappa shape index (κ3) is 5.31. The number of hydrogen-bond acceptors (Lipinski definition) is 6. The average Bonchev–Trinajstić information content (AvgIpc) is 2.53. The molecule has 1 heterocycles. The number of primary amides is 1. The van der Waals surface area contributed by atoms with E-state index in [1.165, 1.54) is 6.20 Å². The maximum atomic E-state index is 12.1. The molecule has 26 heavy (non-hydrogen) atoms. The number of carbonyl (C=O) groups excluding carboxylic acids is 2. The van der Waals surface area contributed by atoms with Crippen LogP contribution in [-0.4, -0.2) is 52.4 Å². The number of nitrogens with two attached hydrogens (primary N) is 1. The lowest BCUT2D eigenvalue weighted by atomic mass is 9.85. The first-order valence-corrected chi connectivity index (χ1v) is 8.99. The number of hydrogen-bond donors (Lipinski definition) is 3. The van der Waals surface area contributed by atoms with Gasteiger partial charge in [-0.1, -0.05) is 0 Å². The van der Waals surface area contributed by atoms with Crippen molar-refractivity contribution in [1.29, 1.82) is 0 Å². The maximum absolute atomic E-state index is 12.1. The van der Waals surface area contributed by atoms with Crippen molar-refractivity contribution in [2.24, 2.45) is 11.7 Å². The van der Waals surface area contributed by atoms with Crippen LogP contribution in [0.2, 0.25) is 0 Å². The molecule has 0 saturated heterocycles. The smallest absolute Gasteiger partial charge is 0.254 e. The fraction of sp³-hybridized carbons (Fsp3) is 0.667. The van der Waals surface area contributed by atoms with Gasteiger partial charge in [-0.05, 0) is 46.5 Å². The second kappa shape index (κ2) is 7.88. The number of aromatic nitrogens is 2. The van der Waals surface area contributed by atoms with Gasteiger partial charge in [0.2, 0.25) is 11.9 Å². The summed E-state index contributed by atoms with van der Waals surface area (Å²) in [6.45, 7) is 5.95. The van der Waals surface area contributed by atoms with E-state index in [0.717, 1.165) is 25.7 Å². The molecule has 4 N–H and O–H groups in total. The van der Waals surface area contributed by atoms with E-state index in [4.69, 9.17) is 5.73 Å². The molecule has 0 bridgehead atoms. The standard InChI is InChI=1S/C18H30N6O2/c1-18(2,3)23-15-13(14(19)25)10-20-17(22-15)21-12-8-6-11(7-9-12)16(26)24(4)5/h10-12H,6-9H2,1-5H3,(H2,19,25)(H2,20,21,22,23)/t11-,12-. The molecule has 0 radical (unpaired) electrons. The highest BCUT2D eigenvalue weighted by Gasteiger charge is 2.28. The normalized spacial score (nSPS) is 20.3. The molecule has 2 amide bonds. The SMILES string of the molecule is CN(C)C(=O)[C@H]1CC[C@H](Nc2ncc(C(N)=O)c(NC(C)(C)C)n2)CC1. The Kier molecular flexibility index (Phi) is 6.05. The van der Waals surface area contributed by atoms with Crippen molar-refractivity contribution in [2.45, 2.75) is 58.0 Å². The Bertz CT molecular complexity index is 660. The van der Waals surface area contributed by atoms with E-state index in [-0.39, 0.29) is 29.0 Å². The Hall–Kier alpha value is -2.38. The molecule has 0 unspecified atom stereocenters. The van der Waals surface area contributed by atoms with Gasteiger partial charge >= 0.3 is 0 Å². The van der Waals surface area contributed by atoms with Crippen LogP contribution in [0, 0.1) is 5.92 Å². The van der Waals surface area contributed by atoms with Crippen LogP contribution in [0.5, 0.6) is 0 Å². The van der Waals surface area contributed by atoms with Gasteiger partial charge in [0.1, 0.15) is 5.82 Å². The zero-order chi connectivity index (χ0) is 19.5. The quantitative estimate of drug-likeness (QED) is 0.737. The highest BCUT2D eigenvalue weighted by atomic mass is 16.2. The largest absolute Gasteiger partial charge is 0.365 e. The molecule has 1 fully saturated rings. The summed E-state index contributed by atoms with van der Waals surface area (Å²) in [7, 11) is 3.59. The van der Waals surface area contributed by atoms with Gasteiger partial charge in [-0.2, -0.15) is 4.98 Å². The van der Waals surface area contributed by atoms with Crippen molar-refractivity contribution >= 4 is 23.6 Å². The molecule has 0 aromatic carbocycles. The summed E-state index contributed by atoms with van der Waals surface area (Å²) in [5, 5.41) is 6.52. The Balaban J connectivity index is 2.05. The minimum absolute atomic E-state index is 0.0966. The molecular formula is C18H30N6O2. The summed E-state index contributed by atoms with van der Waals surface area (Å²) >= 11 is 0. The molecule has 8 nitrogen and oxygen atoms in total. The van der Waals surface area contributed by atoms with Gasteiger partial charge in [0.25, 0.3) is 5.91 Å². The summed E-state index contributed by atoms with van der Waals surface area (Å²) in [4.78, 5) is 34.0. The van der Waals surface area contributed by atoms with E-state index in [0.29, 0.717) is 11.8 Å². The topological polar surface area (TPSA) is 113 Å². The van der Waals surface area contributed by atoms with E-state index in [1.54, 1.807) is 19.0 Å². The Labute approximate surface area is 154 Å². The van der Waals surface area contributed by atoms with E-state index < -0.39 is 5.91 Å². The van der Waals surface area contributed by atoms with Crippen molar-refractivity contribution in [2.75, 3.05) is 24.7 Å². The average molecular weight is 362 g/mol. The minimum Gasteiger partial charge on any atom is -0.365 e. The van der Waals surface area contributed by atoms with Crippen molar-refractivity contribution in [3.8, 4) is 0 Å². The third-order valence-corrected chi connectivity index (χ3v) is 4.40. The van der Waals surface area contributed by atoms with Gasteiger partial charge in [0.15, 0.2) is 0 Å². The highest BCUT2D eigenvalue weighted by Crippen LogP contribution is 2.27. The minimum atomic E-state index is -0.564.